The van der Waals surface area contributed by atoms with Gasteiger partial charge in [0.15, 0.2) is 34.9 Å². The lowest BCUT2D eigenvalue weighted by Crippen LogP contribution is -2.32. The minimum Gasteiger partial charge on any atom is -0.457 e. The molecule has 2 spiro atoms. The van der Waals surface area contributed by atoms with Crippen LogP contribution in [0.3, 0.4) is 0 Å². The van der Waals surface area contributed by atoms with E-state index in [1.54, 1.807) is 0 Å². The number of ether oxygens (including phenoxy) is 2. The molecule has 8 nitrogen and oxygen atoms in total. The summed E-state index contributed by atoms with van der Waals surface area (Å²) < 4.78 is 14.2. The van der Waals surface area contributed by atoms with Gasteiger partial charge in [0.05, 0.1) is 10.8 Å². The number of hydrogen-bond acceptors (Lipinski definition) is 8. The summed E-state index contributed by atoms with van der Waals surface area (Å²) in [4.78, 5) is 31.8. The van der Waals surface area contributed by atoms with Crippen molar-refractivity contribution in [1.29, 1.82) is 0 Å². The molecule has 16 aromatic carbocycles. The Hall–Kier alpha value is -14.9. The highest BCUT2D eigenvalue weighted by Crippen LogP contribution is 2.65. The van der Waals surface area contributed by atoms with Gasteiger partial charge in [0.1, 0.15) is 23.0 Å². The average molecular weight is 1430 g/mol. The maximum atomic E-state index is 7.17. The van der Waals surface area contributed by atoms with Gasteiger partial charge >= 0.3 is 0 Å². The maximum Gasteiger partial charge on any atom is 0.164 e. The molecule has 112 heavy (non-hydrogen) atoms. The lowest BCUT2D eigenvalue weighted by Gasteiger charge is -2.39. The smallest absolute Gasteiger partial charge is 0.164 e. The molecule has 2 aliphatic carbocycles. The molecule has 0 saturated heterocycles. The van der Waals surface area contributed by atoms with E-state index in [1.807, 2.05) is 48.5 Å². The highest BCUT2D eigenvalue weighted by atomic mass is 16.5. The minimum absolute atomic E-state index is 0.566. The second kappa shape index (κ2) is 25.9. The molecule has 4 aliphatic rings. The second-order valence-corrected chi connectivity index (χ2v) is 29.0. The molecule has 1 unspecified atom stereocenters. The van der Waals surface area contributed by atoms with Gasteiger partial charge in [-0.05, 0) is 143 Å². The molecule has 0 amide bonds. The fourth-order valence-electron chi connectivity index (χ4n) is 18.1. The summed E-state index contributed by atoms with van der Waals surface area (Å²) >= 11 is 0. The van der Waals surface area contributed by atoms with E-state index in [4.69, 9.17) is 39.4 Å². The van der Waals surface area contributed by atoms with Crippen molar-refractivity contribution in [3.05, 3.63) is 433 Å². The van der Waals surface area contributed by atoms with Gasteiger partial charge in [0, 0.05) is 55.6 Å². The standard InChI is InChI=1S/C104H64N6O2/c1-4-28-65(29-5-1)75-38-10-13-44-81(75)101-107-98(67-32-8-3-9-33-67)108-102(110-101)83-46-15-12-40-77(83)73-56-59-92-96(64-73)112-94-53-25-23-51-90(94)104(92)87-49-21-18-43-80(87)84-62-71(54-57-88(84)104)69-35-26-34-68(60-69)70-36-27-37-74(61-70)99-105-97(66-30-6-2-7-31-66)106-100(109-99)82-45-14-11-39-76(82)72-55-58-91-95(63-72)111-93-52-24-22-50-89(93)103(91)85-47-19-16-41-78(85)79-42-17-20-48-86(79)103/h1-64H. The highest BCUT2D eigenvalue weighted by Gasteiger charge is 2.53. The van der Waals surface area contributed by atoms with Gasteiger partial charge in [-0.1, -0.05) is 346 Å². The molecule has 0 radical (unpaired) electrons. The predicted molar refractivity (Wildman–Crippen MR) is 448 cm³/mol. The first kappa shape index (κ1) is 64.3. The molecule has 4 heterocycles. The van der Waals surface area contributed by atoms with Crippen LogP contribution in [0, 0.1) is 0 Å². The first-order valence-corrected chi connectivity index (χ1v) is 38.0. The third kappa shape index (κ3) is 10.2. The van der Waals surface area contributed by atoms with Crippen molar-refractivity contribution in [3.8, 4) is 169 Å². The number of hydrogen-bond donors (Lipinski definition) is 0. The van der Waals surface area contributed by atoms with Gasteiger partial charge in [-0.2, -0.15) is 0 Å². The van der Waals surface area contributed by atoms with Crippen LogP contribution in [0.2, 0.25) is 0 Å². The molecule has 22 rings (SSSR count). The second-order valence-electron chi connectivity index (χ2n) is 29.0. The maximum absolute atomic E-state index is 7.17. The Morgan fingerprint density at radius 3 is 0.857 bits per heavy atom. The van der Waals surface area contributed by atoms with E-state index in [9.17, 15) is 0 Å². The molecule has 8 heteroatoms. The monoisotopic (exact) mass is 1430 g/mol. The summed E-state index contributed by atoms with van der Waals surface area (Å²) in [6.07, 6.45) is 0. The van der Waals surface area contributed by atoms with Gasteiger partial charge in [0.25, 0.3) is 0 Å². The fourth-order valence-corrected chi connectivity index (χ4v) is 18.1. The molecular formula is C104H64N6O2. The summed E-state index contributed by atoms with van der Waals surface area (Å²) in [5, 5.41) is 0. The van der Waals surface area contributed by atoms with Crippen molar-refractivity contribution in [2.24, 2.45) is 0 Å². The molecule has 0 bridgehead atoms. The van der Waals surface area contributed by atoms with Gasteiger partial charge in [-0.25, -0.2) is 29.9 Å². The van der Waals surface area contributed by atoms with Crippen LogP contribution in [0.1, 0.15) is 44.5 Å². The van der Waals surface area contributed by atoms with E-state index >= 15 is 0 Å². The number of benzene rings is 16. The van der Waals surface area contributed by atoms with Crippen LogP contribution in [0.4, 0.5) is 0 Å². The molecule has 2 aromatic heterocycles. The van der Waals surface area contributed by atoms with E-state index in [2.05, 4.69) is 340 Å². The Balaban J connectivity index is 0.614. The van der Waals surface area contributed by atoms with Gasteiger partial charge in [-0.3, -0.25) is 0 Å². The molecule has 0 N–H and O–H groups in total. The van der Waals surface area contributed by atoms with Crippen molar-refractivity contribution >= 4 is 0 Å². The zero-order valence-electron chi connectivity index (χ0n) is 60.5. The SMILES string of the molecule is c1ccc(-c2nc(-c3cccc(-c4cccc(-c5ccc6c(c5)-c5ccccc5C65c6ccccc6Oc6cc(-c7ccccc7-c7nc(-c8ccccc8)nc(-c8ccccc8-c8ccccc8)n7)ccc65)c4)c3)nc(-c3ccccc3-c3ccc4c(c3)Oc3ccccc3C43c4ccccc4-c4ccccc43)n2)cc1. The van der Waals surface area contributed by atoms with E-state index in [0.717, 1.165) is 134 Å². The molecular weight excluding hydrogens is 1370 g/mol. The first-order valence-electron chi connectivity index (χ1n) is 38.0. The molecule has 522 valence electrons. The third-order valence-corrected chi connectivity index (χ3v) is 23.0. The fraction of sp³-hybridized carbons (Fsp3) is 0.0192. The summed E-state index contributed by atoms with van der Waals surface area (Å²) in [6, 6.07) is 138. The lowest BCUT2D eigenvalue weighted by atomic mass is 9.66. The van der Waals surface area contributed by atoms with Crippen LogP contribution < -0.4 is 9.47 Å². The Bertz CT molecular complexity index is 6810. The summed E-state index contributed by atoms with van der Waals surface area (Å²) in [7, 11) is 0. The lowest BCUT2D eigenvalue weighted by molar-refractivity contribution is 0.436. The molecule has 0 fully saturated rings. The Labute approximate surface area is 648 Å². The normalized spacial score (nSPS) is 14.0. The van der Waals surface area contributed by atoms with E-state index in [1.165, 1.54) is 44.5 Å². The van der Waals surface area contributed by atoms with Crippen LogP contribution in [0.5, 0.6) is 23.0 Å². The number of para-hydroxylation sites is 2. The van der Waals surface area contributed by atoms with Crippen molar-refractivity contribution in [1.82, 2.24) is 29.9 Å². The van der Waals surface area contributed by atoms with Gasteiger partial charge < -0.3 is 9.47 Å². The zero-order chi connectivity index (χ0) is 73.9. The average Bonchev–Trinajstić information content (AvgIpc) is 1.52. The molecule has 18 aromatic rings. The van der Waals surface area contributed by atoms with Crippen LogP contribution in [0.25, 0.3) is 146 Å². The van der Waals surface area contributed by atoms with E-state index in [0.29, 0.717) is 34.9 Å². The number of fused-ring (bicyclic) bond motifs is 18. The van der Waals surface area contributed by atoms with Crippen LogP contribution in [-0.4, -0.2) is 29.9 Å². The quantitative estimate of drug-likeness (QED) is 0.126. The molecule has 1 atom stereocenters. The Kier molecular flexibility index (Phi) is 14.9. The van der Waals surface area contributed by atoms with Crippen molar-refractivity contribution < 1.29 is 9.47 Å². The van der Waals surface area contributed by atoms with Crippen molar-refractivity contribution in [2.75, 3.05) is 0 Å². The number of aromatic nitrogens is 6. The van der Waals surface area contributed by atoms with Crippen LogP contribution >= 0.6 is 0 Å². The summed E-state index contributed by atoms with van der Waals surface area (Å²) in [5.74, 6) is 6.72. The third-order valence-electron chi connectivity index (χ3n) is 23.0. The molecule has 0 saturated carbocycles. The van der Waals surface area contributed by atoms with E-state index in [-0.39, 0.29) is 0 Å². The topological polar surface area (TPSA) is 95.8 Å². The summed E-state index contributed by atoms with van der Waals surface area (Å²) in [6.45, 7) is 0. The van der Waals surface area contributed by atoms with Gasteiger partial charge in [-0.15, -0.1) is 0 Å². The van der Waals surface area contributed by atoms with Crippen molar-refractivity contribution in [3.63, 3.8) is 0 Å². The van der Waals surface area contributed by atoms with Gasteiger partial charge in [0.2, 0.25) is 0 Å². The van der Waals surface area contributed by atoms with Crippen molar-refractivity contribution in [2.45, 2.75) is 10.8 Å². The minimum atomic E-state index is -0.712. The van der Waals surface area contributed by atoms with E-state index < -0.39 is 10.8 Å². The number of nitrogens with zero attached hydrogens (tertiary/aromatic N) is 6. The summed E-state index contributed by atoms with van der Waals surface area (Å²) in [5.41, 5.74) is 28.5. The first-order chi connectivity index (χ1) is 55.5. The van der Waals surface area contributed by atoms with Crippen LogP contribution in [0.15, 0.2) is 388 Å². The highest BCUT2D eigenvalue weighted by molar-refractivity contribution is 5.95. The van der Waals surface area contributed by atoms with Crippen LogP contribution in [-0.2, 0) is 10.8 Å². The predicted octanol–water partition coefficient (Wildman–Crippen LogP) is 25.3. The largest absolute Gasteiger partial charge is 0.457 e. The Morgan fingerprint density at radius 2 is 0.411 bits per heavy atom. The molecule has 2 aliphatic heterocycles. The Morgan fingerprint density at radius 1 is 0.143 bits per heavy atom. The number of rotatable bonds is 11. The zero-order valence-corrected chi connectivity index (χ0v) is 60.5.